The van der Waals surface area contributed by atoms with Crippen molar-refractivity contribution in [1.82, 2.24) is 19.1 Å². The first-order valence-corrected chi connectivity index (χ1v) is 10.4. The molecule has 0 atom stereocenters. The lowest BCUT2D eigenvalue weighted by molar-refractivity contribution is 0.414. The van der Waals surface area contributed by atoms with Crippen molar-refractivity contribution in [1.29, 1.82) is 0 Å². The zero-order valence-electron chi connectivity index (χ0n) is 18.2. The predicted octanol–water partition coefficient (Wildman–Crippen LogP) is 4.14. The molecule has 0 fully saturated rings. The van der Waals surface area contributed by atoms with Gasteiger partial charge < -0.3 is 14.6 Å². The van der Waals surface area contributed by atoms with Gasteiger partial charge >= 0.3 is 0 Å². The van der Waals surface area contributed by atoms with Crippen molar-refractivity contribution in [2.45, 2.75) is 13.5 Å². The molecule has 0 spiro atoms. The molecule has 0 aliphatic carbocycles. The molecular formula is C25H23N5O2. The maximum atomic E-state index is 13.7. The zero-order valence-corrected chi connectivity index (χ0v) is 18.2. The molecule has 1 N–H and O–H groups in total. The second kappa shape index (κ2) is 7.85. The van der Waals surface area contributed by atoms with Crippen molar-refractivity contribution >= 4 is 27.8 Å². The van der Waals surface area contributed by atoms with Gasteiger partial charge in [-0.25, -0.2) is 9.97 Å². The van der Waals surface area contributed by atoms with Crippen LogP contribution in [0.3, 0.4) is 0 Å². The van der Waals surface area contributed by atoms with Crippen molar-refractivity contribution in [2.24, 2.45) is 0 Å². The molecule has 32 heavy (non-hydrogen) atoms. The number of nitrogens with one attached hydrogen (secondary N) is 1. The number of methoxy groups -OCH3 is 1. The minimum atomic E-state index is -0.132. The summed E-state index contributed by atoms with van der Waals surface area (Å²) >= 11 is 0. The molecule has 7 heteroatoms. The summed E-state index contributed by atoms with van der Waals surface area (Å²) in [6.07, 6.45) is 3.34. The van der Waals surface area contributed by atoms with Gasteiger partial charge in [0.05, 0.1) is 18.2 Å². The number of rotatable bonds is 5. The van der Waals surface area contributed by atoms with E-state index in [4.69, 9.17) is 9.72 Å². The summed E-state index contributed by atoms with van der Waals surface area (Å²) in [6.45, 7) is 2.50. The standard InChI is InChI=1S/C25H23N5O2/c1-16-4-8-18(9-5-16)30-15-28-22-21-20(26-2)12-13-27-24(21)29(23(22)25(30)31)14-17-6-10-19(32-3)11-7-17/h4-13,15H,14H2,1-3H3,(H,26,27). The second-order valence-corrected chi connectivity index (χ2v) is 7.69. The number of pyridine rings is 1. The molecule has 0 radical (unpaired) electrons. The minimum Gasteiger partial charge on any atom is -0.497 e. The summed E-state index contributed by atoms with van der Waals surface area (Å²) in [7, 11) is 3.50. The Morgan fingerprint density at radius 3 is 2.44 bits per heavy atom. The normalized spacial score (nSPS) is 11.2. The van der Waals surface area contributed by atoms with Gasteiger partial charge in [0.2, 0.25) is 0 Å². The van der Waals surface area contributed by atoms with Crippen LogP contribution < -0.4 is 15.6 Å². The smallest absolute Gasteiger partial charge is 0.282 e. The number of benzene rings is 2. The van der Waals surface area contributed by atoms with Crippen LogP contribution in [-0.2, 0) is 6.54 Å². The minimum absolute atomic E-state index is 0.132. The van der Waals surface area contributed by atoms with Crippen molar-refractivity contribution < 1.29 is 4.74 Å². The molecule has 0 saturated heterocycles. The molecule has 0 saturated carbocycles. The molecule has 0 aliphatic rings. The summed E-state index contributed by atoms with van der Waals surface area (Å²) < 4.78 is 8.82. The highest BCUT2D eigenvalue weighted by atomic mass is 16.5. The predicted molar refractivity (Wildman–Crippen MR) is 127 cm³/mol. The van der Waals surface area contributed by atoms with Crippen LogP contribution in [0.4, 0.5) is 5.69 Å². The second-order valence-electron chi connectivity index (χ2n) is 7.69. The number of anilines is 1. The van der Waals surface area contributed by atoms with E-state index in [0.717, 1.165) is 33.6 Å². The van der Waals surface area contributed by atoms with E-state index >= 15 is 0 Å². The van der Waals surface area contributed by atoms with E-state index in [-0.39, 0.29) is 5.56 Å². The number of ether oxygens (including phenoxy) is 1. The molecule has 0 unspecified atom stereocenters. The molecular weight excluding hydrogens is 402 g/mol. The summed E-state index contributed by atoms with van der Waals surface area (Å²) in [5.74, 6) is 0.787. The molecule has 2 aromatic carbocycles. The number of hydrogen-bond donors (Lipinski definition) is 1. The molecule has 160 valence electrons. The average Bonchev–Trinajstić information content (AvgIpc) is 3.15. The number of nitrogens with zero attached hydrogens (tertiary/aromatic N) is 4. The van der Waals surface area contributed by atoms with Crippen LogP contribution in [0.2, 0.25) is 0 Å². The molecule has 7 nitrogen and oxygen atoms in total. The topological polar surface area (TPSA) is 74.0 Å². The van der Waals surface area contributed by atoms with Gasteiger partial charge in [0.15, 0.2) is 0 Å². The van der Waals surface area contributed by atoms with Crippen molar-refractivity contribution in [3.8, 4) is 11.4 Å². The lowest BCUT2D eigenvalue weighted by atomic mass is 10.2. The Balaban J connectivity index is 1.79. The number of fused-ring (bicyclic) bond motifs is 3. The van der Waals surface area contributed by atoms with Crippen LogP contribution in [0, 0.1) is 6.92 Å². The fourth-order valence-corrected chi connectivity index (χ4v) is 4.03. The first kappa shape index (κ1) is 19.8. The highest BCUT2D eigenvalue weighted by Crippen LogP contribution is 2.31. The number of hydrogen-bond acceptors (Lipinski definition) is 5. The van der Waals surface area contributed by atoms with Crippen molar-refractivity contribution in [2.75, 3.05) is 19.5 Å². The van der Waals surface area contributed by atoms with Gasteiger partial charge in [0, 0.05) is 25.5 Å². The summed E-state index contributed by atoms with van der Waals surface area (Å²) in [4.78, 5) is 23.1. The van der Waals surface area contributed by atoms with Crippen LogP contribution in [0.5, 0.6) is 5.75 Å². The Labute approximate surface area is 184 Å². The Morgan fingerprint density at radius 1 is 1.00 bits per heavy atom. The van der Waals surface area contributed by atoms with E-state index in [1.54, 1.807) is 24.2 Å². The van der Waals surface area contributed by atoms with E-state index in [9.17, 15) is 4.79 Å². The largest absolute Gasteiger partial charge is 0.497 e. The van der Waals surface area contributed by atoms with Crippen LogP contribution in [-0.4, -0.2) is 33.3 Å². The monoisotopic (exact) mass is 425 g/mol. The average molecular weight is 425 g/mol. The SMILES string of the molecule is CNc1ccnc2c1c1ncn(-c3ccc(C)cc3)c(=O)c1n2Cc1ccc(OC)cc1. The lowest BCUT2D eigenvalue weighted by Gasteiger charge is -2.10. The van der Waals surface area contributed by atoms with E-state index in [1.807, 2.05) is 73.1 Å². The molecule has 0 bridgehead atoms. The zero-order chi connectivity index (χ0) is 22.2. The maximum Gasteiger partial charge on any atom is 0.282 e. The highest BCUT2D eigenvalue weighted by Gasteiger charge is 2.20. The van der Waals surface area contributed by atoms with Gasteiger partial charge in [-0.05, 0) is 42.8 Å². The van der Waals surface area contributed by atoms with Crippen LogP contribution in [0.1, 0.15) is 11.1 Å². The Hall–Kier alpha value is -4.13. The number of aromatic nitrogens is 4. The quantitative estimate of drug-likeness (QED) is 0.458. The first-order chi connectivity index (χ1) is 15.6. The Morgan fingerprint density at radius 2 is 1.75 bits per heavy atom. The van der Waals surface area contributed by atoms with Gasteiger partial charge in [0.1, 0.15) is 28.8 Å². The third-order valence-electron chi connectivity index (χ3n) is 5.72. The summed E-state index contributed by atoms with van der Waals surface area (Å²) in [5, 5.41) is 4.05. The van der Waals surface area contributed by atoms with Crippen molar-refractivity contribution in [3.05, 3.63) is 88.6 Å². The molecule has 3 aromatic heterocycles. The fourth-order valence-electron chi connectivity index (χ4n) is 4.03. The van der Waals surface area contributed by atoms with Gasteiger partial charge in [-0.3, -0.25) is 9.36 Å². The van der Waals surface area contributed by atoms with Gasteiger partial charge in [-0.1, -0.05) is 29.8 Å². The van der Waals surface area contributed by atoms with Gasteiger partial charge in [-0.2, -0.15) is 0 Å². The first-order valence-electron chi connectivity index (χ1n) is 10.4. The lowest BCUT2D eigenvalue weighted by Crippen LogP contribution is -2.21. The molecule has 0 aliphatic heterocycles. The molecule has 5 aromatic rings. The third-order valence-corrected chi connectivity index (χ3v) is 5.72. The molecule has 0 amide bonds. The van der Waals surface area contributed by atoms with E-state index in [2.05, 4.69) is 10.3 Å². The summed E-state index contributed by atoms with van der Waals surface area (Å²) in [6, 6.07) is 17.5. The third kappa shape index (κ3) is 3.19. The molecule has 5 rings (SSSR count). The number of aryl methyl sites for hydroxylation is 1. The van der Waals surface area contributed by atoms with E-state index in [1.165, 1.54) is 0 Å². The van der Waals surface area contributed by atoms with Crippen LogP contribution in [0.25, 0.3) is 27.8 Å². The van der Waals surface area contributed by atoms with Gasteiger partial charge in [-0.15, -0.1) is 0 Å². The van der Waals surface area contributed by atoms with Crippen LogP contribution >= 0.6 is 0 Å². The molecule has 3 heterocycles. The fraction of sp³-hybridized carbons (Fsp3) is 0.160. The van der Waals surface area contributed by atoms with Crippen LogP contribution in [0.15, 0.2) is 71.9 Å². The summed E-state index contributed by atoms with van der Waals surface area (Å²) in [5.41, 5.74) is 5.57. The Bertz CT molecular complexity index is 1480. The van der Waals surface area contributed by atoms with Gasteiger partial charge in [0.25, 0.3) is 5.56 Å². The van der Waals surface area contributed by atoms with E-state index < -0.39 is 0 Å². The van der Waals surface area contributed by atoms with Crippen molar-refractivity contribution in [3.63, 3.8) is 0 Å². The maximum absolute atomic E-state index is 13.7. The highest BCUT2D eigenvalue weighted by molar-refractivity contribution is 6.10. The van der Waals surface area contributed by atoms with E-state index in [0.29, 0.717) is 23.2 Å². The Kier molecular flexibility index (Phi) is 4.86.